The largest absolute Gasteiger partial charge is 0.481 e. The Morgan fingerprint density at radius 3 is 2.33 bits per heavy atom. The lowest BCUT2D eigenvalue weighted by Gasteiger charge is -2.16. The summed E-state index contributed by atoms with van der Waals surface area (Å²) in [6.45, 7) is 0.547. The Labute approximate surface area is 108 Å². The van der Waals surface area contributed by atoms with E-state index in [1.54, 1.807) is 0 Å². The number of hydrogen-bond donors (Lipinski definition) is 3. The fraction of sp³-hybridized carbons (Fsp3) is 0.846. The van der Waals surface area contributed by atoms with E-state index in [9.17, 15) is 9.59 Å². The highest BCUT2D eigenvalue weighted by atomic mass is 16.4. The third kappa shape index (κ3) is 7.14. The minimum Gasteiger partial charge on any atom is -0.481 e. The molecule has 0 aliphatic heterocycles. The minimum atomic E-state index is -0.780. The van der Waals surface area contributed by atoms with Crippen LogP contribution in [0.2, 0.25) is 0 Å². The van der Waals surface area contributed by atoms with Crippen LogP contribution in [0.1, 0.15) is 57.8 Å². The maximum atomic E-state index is 11.6. The van der Waals surface area contributed by atoms with Gasteiger partial charge in [-0.3, -0.25) is 4.79 Å². The molecule has 0 saturated heterocycles. The SMILES string of the molecule is O=C(O)CCCCNC(=O)NC1CCCCCC1. The van der Waals surface area contributed by atoms with Crippen molar-refractivity contribution in [1.82, 2.24) is 10.6 Å². The van der Waals surface area contributed by atoms with E-state index in [0.29, 0.717) is 25.4 Å². The molecule has 5 heteroatoms. The van der Waals surface area contributed by atoms with Crippen LogP contribution in [0, 0.1) is 0 Å². The Balaban J connectivity index is 2.03. The van der Waals surface area contributed by atoms with Crippen LogP contribution in [0.3, 0.4) is 0 Å². The average molecular weight is 256 g/mol. The highest BCUT2D eigenvalue weighted by Gasteiger charge is 2.13. The van der Waals surface area contributed by atoms with Crippen molar-refractivity contribution >= 4 is 12.0 Å². The smallest absolute Gasteiger partial charge is 0.315 e. The van der Waals surface area contributed by atoms with E-state index < -0.39 is 5.97 Å². The first-order valence-corrected chi connectivity index (χ1v) is 6.94. The lowest BCUT2D eigenvalue weighted by Crippen LogP contribution is -2.42. The summed E-state index contributed by atoms with van der Waals surface area (Å²) < 4.78 is 0. The zero-order chi connectivity index (χ0) is 13.2. The van der Waals surface area contributed by atoms with Crippen LogP contribution in [0.4, 0.5) is 4.79 Å². The quantitative estimate of drug-likeness (QED) is 0.504. The molecular formula is C13H24N2O3. The predicted octanol–water partition coefficient (Wildman–Crippen LogP) is 2.26. The maximum Gasteiger partial charge on any atom is 0.315 e. The molecule has 0 aromatic heterocycles. The van der Waals surface area contributed by atoms with Crippen molar-refractivity contribution in [2.75, 3.05) is 6.54 Å². The number of unbranched alkanes of at least 4 members (excludes halogenated alkanes) is 1. The Morgan fingerprint density at radius 2 is 1.72 bits per heavy atom. The molecule has 1 aliphatic rings. The van der Waals surface area contributed by atoms with E-state index in [4.69, 9.17) is 5.11 Å². The molecule has 3 N–H and O–H groups in total. The van der Waals surface area contributed by atoms with E-state index >= 15 is 0 Å². The van der Waals surface area contributed by atoms with Crippen LogP contribution in [0.5, 0.6) is 0 Å². The van der Waals surface area contributed by atoms with Gasteiger partial charge >= 0.3 is 12.0 Å². The molecule has 5 nitrogen and oxygen atoms in total. The lowest BCUT2D eigenvalue weighted by molar-refractivity contribution is -0.137. The zero-order valence-corrected chi connectivity index (χ0v) is 10.9. The fourth-order valence-electron chi connectivity index (χ4n) is 2.26. The zero-order valence-electron chi connectivity index (χ0n) is 10.9. The molecule has 0 unspecified atom stereocenters. The van der Waals surface area contributed by atoms with Crippen LogP contribution in [0.25, 0.3) is 0 Å². The van der Waals surface area contributed by atoms with Crippen LogP contribution in [0.15, 0.2) is 0 Å². The Morgan fingerprint density at radius 1 is 1.06 bits per heavy atom. The summed E-state index contributed by atoms with van der Waals surface area (Å²) in [5.74, 6) is -0.780. The van der Waals surface area contributed by atoms with Crippen LogP contribution < -0.4 is 10.6 Å². The Hall–Kier alpha value is -1.26. The summed E-state index contributed by atoms with van der Waals surface area (Å²) in [6, 6.07) is 0.198. The maximum absolute atomic E-state index is 11.6. The summed E-state index contributed by atoms with van der Waals surface area (Å²) in [4.78, 5) is 21.9. The molecule has 104 valence electrons. The van der Waals surface area contributed by atoms with Gasteiger partial charge in [-0.05, 0) is 25.7 Å². The summed E-state index contributed by atoms with van der Waals surface area (Å²) in [7, 11) is 0. The Bertz CT molecular complexity index is 261. The Kier molecular flexibility index (Phi) is 7.22. The molecule has 18 heavy (non-hydrogen) atoms. The first kappa shape index (κ1) is 14.8. The molecule has 2 amide bonds. The van der Waals surface area contributed by atoms with Gasteiger partial charge in [0.2, 0.25) is 0 Å². The molecule has 1 rings (SSSR count). The molecule has 0 aromatic rings. The number of carbonyl (C=O) groups is 2. The predicted molar refractivity (Wildman–Crippen MR) is 69.5 cm³/mol. The molecule has 0 aromatic carbocycles. The molecule has 0 bridgehead atoms. The number of hydrogen-bond acceptors (Lipinski definition) is 2. The highest BCUT2D eigenvalue weighted by Crippen LogP contribution is 2.16. The van der Waals surface area contributed by atoms with Gasteiger partial charge < -0.3 is 15.7 Å². The van der Waals surface area contributed by atoms with Crippen molar-refractivity contribution < 1.29 is 14.7 Å². The molecular weight excluding hydrogens is 232 g/mol. The summed E-state index contributed by atoms with van der Waals surface area (Å²) in [6.07, 6.45) is 8.59. The molecule has 0 spiro atoms. The summed E-state index contributed by atoms with van der Waals surface area (Å²) >= 11 is 0. The summed E-state index contributed by atoms with van der Waals surface area (Å²) in [5, 5.41) is 14.2. The van der Waals surface area contributed by atoms with Gasteiger partial charge in [0.15, 0.2) is 0 Å². The van der Waals surface area contributed by atoms with E-state index in [-0.39, 0.29) is 12.5 Å². The number of urea groups is 1. The second-order valence-electron chi connectivity index (χ2n) is 4.94. The van der Waals surface area contributed by atoms with E-state index in [0.717, 1.165) is 12.8 Å². The number of nitrogens with one attached hydrogen (secondary N) is 2. The van der Waals surface area contributed by atoms with Gasteiger partial charge in [-0.15, -0.1) is 0 Å². The van der Waals surface area contributed by atoms with Gasteiger partial charge in [0.1, 0.15) is 0 Å². The minimum absolute atomic E-state index is 0.114. The number of carboxylic acid groups (broad SMARTS) is 1. The summed E-state index contributed by atoms with van der Waals surface area (Å²) in [5.41, 5.74) is 0. The monoisotopic (exact) mass is 256 g/mol. The number of amides is 2. The first-order chi connectivity index (χ1) is 8.68. The first-order valence-electron chi connectivity index (χ1n) is 6.94. The van der Waals surface area contributed by atoms with Crippen molar-refractivity contribution in [3.8, 4) is 0 Å². The van der Waals surface area contributed by atoms with Crippen LogP contribution >= 0.6 is 0 Å². The van der Waals surface area contributed by atoms with Gasteiger partial charge in [0.05, 0.1) is 0 Å². The molecule has 0 heterocycles. The van der Waals surface area contributed by atoms with Gasteiger partial charge in [0.25, 0.3) is 0 Å². The molecule has 1 aliphatic carbocycles. The molecule has 1 saturated carbocycles. The van der Waals surface area contributed by atoms with Crippen LogP contribution in [-0.4, -0.2) is 29.7 Å². The van der Waals surface area contributed by atoms with Crippen molar-refractivity contribution in [3.05, 3.63) is 0 Å². The fourth-order valence-corrected chi connectivity index (χ4v) is 2.26. The van der Waals surface area contributed by atoms with Gasteiger partial charge in [-0.2, -0.15) is 0 Å². The second kappa shape index (κ2) is 8.78. The highest BCUT2D eigenvalue weighted by molar-refractivity contribution is 5.74. The lowest BCUT2D eigenvalue weighted by atomic mass is 10.1. The topological polar surface area (TPSA) is 78.4 Å². The standard InChI is InChI=1S/C13H24N2O3/c16-12(17)9-5-6-10-14-13(18)15-11-7-3-1-2-4-8-11/h11H,1-10H2,(H,16,17)(H2,14,15,18). The third-order valence-corrected chi connectivity index (χ3v) is 3.29. The normalized spacial score (nSPS) is 16.9. The van der Waals surface area contributed by atoms with Crippen molar-refractivity contribution in [3.63, 3.8) is 0 Å². The van der Waals surface area contributed by atoms with Crippen molar-refractivity contribution in [2.24, 2.45) is 0 Å². The van der Waals surface area contributed by atoms with Gasteiger partial charge in [0, 0.05) is 19.0 Å². The second-order valence-corrected chi connectivity index (χ2v) is 4.94. The van der Waals surface area contributed by atoms with Crippen molar-refractivity contribution in [1.29, 1.82) is 0 Å². The third-order valence-electron chi connectivity index (χ3n) is 3.29. The molecule has 1 fully saturated rings. The number of carbonyl (C=O) groups excluding carboxylic acids is 1. The van der Waals surface area contributed by atoms with E-state index in [1.807, 2.05) is 0 Å². The van der Waals surface area contributed by atoms with E-state index in [2.05, 4.69) is 10.6 Å². The number of rotatable bonds is 6. The average Bonchev–Trinajstić information content (AvgIpc) is 2.56. The number of aliphatic carboxylic acids is 1. The van der Waals surface area contributed by atoms with Crippen molar-refractivity contribution in [2.45, 2.75) is 63.8 Å². The molecule has 0 radical (unpaired) electrons. The number of carboxylic acids is 1. The van der Waals surface area contributed by atoms with E-state index in [1.165, 1.54) is 25.7 Å². The van der Waals surface area contributed by atoms with Crippen LogP contribution in [-0.2, 0) is 4.79 Å². The molecule has 0 atom stereocenters. The van der Waals surface area contributed by atoms with Gasteiger partial charge in [-0.25, -0.2) is 4.79 Å². The van der Waals surface area contributed by atoms with Gasteiger partial charge in [-0.1, -0.05) is 25.7 Å².